The zero-order chi connectivity index (χ0) is 29.1. The molecule has 2 heterocycles. The van der Waals surface area contributed by atoms with Crippen molar-refractivity contribution in [1.82, 2.24) is 24.9 Å². The van der Waals surface area contributed by atoms with Gasteiger partial charge in [-0.2, -0.15) is 40.2 Å². The Bertz CT molecular complexity index is 1340. The summed E-state index contributed by atoms with van der Waals surface area (Å²) in [6.45, 7) is 0.0439. The van der Waals surface area contributed by atoms with E-state index in [0.29, 0.717) is 9.36 Å². The number of nitrogens with one attached hydrogen (secondary N) is 1. The first-order chi connectivity index (χ1) is 17.9. The molecule has 0 radical (unpaired) electrons. The van der Waals surface area contributed by atoms with Crippen LogP contribution < -0.4 is 10.1 Å². The van der Waals surface area contributed by atoms with Crippen LogP contribution in [0.4, 0.5) is 39.5 Å². The van der Waals surface area contributed by atoms with Crippen LogP contribution in [0.15, 0.2) is 29.3 Å². The van der Waals surface area contributed by atoms with Crippen molar-refractivity contribution in [3.05, 3.63) is 40.5 Å². The molecule has 0 aliphatic heterocycles. The van der Waals surface area contributed by atoms with Crippen LogP contribution in [0.5, 0.6) is 5.88 Å². The monoisotopic (exact) mass is 591 g/mol. The van der Waals surface area contributed by atoms with Crippen molar-refractivity contribution >= 4 is 23.1 Å². The highest BCUT2D eigenvalue weighted by atomic mass is 35.5. The van der Waals surface area contributed by atoms with E-state index in [9.17, 15) is 44.3 Å². The average Bonchev–Trinajstić information content (AvgIpc) is 3.35. The first-order valence-corrected chi connectivity index (χ1v) is 11.7. The van der Waals surface area contributed by atoms with Gasteiger partial charge >= 0.3 is 18.5 Å². The Morgan fingerprint density at radius 3 is 2.38 bits per heavy atom. The van der Waals surface area contributed by atoms with Crippen LogP contribution in [-0.2, 0) is 18.0 Å². The molecule has 4 rings (SSSR count). The molecule has 2 aromatic heterocycles. The number of amides is 1. The van der Waals surface area contributed by atoms with Crippen LogP contribution in [0.1, 0.15) is 37.3 Å². The van der Waals surface area contributed by atoms with Crippen molar-refractivity contribution < 1.29 is 49.0 Å². The summed E-state index contributed by atoms with van der Waals surface area (Å²) in [7, 11) is 0.894. The number of hydrogen-bond donors (Lipinski definition) is 1. The molecule has 1 N–H and O–H groups in total. The van der Waals surface area contributed by atoms with Crippen molar-refractivity contribution in [3.8, 4) is 11.7 Å². The van der Waals surface area contributed by atoms with Crippen LogP contribution >= 0.6 is 11.6 Å². The summed E-state index contributed by atoms with van der Waals surface area (Å²) in [4.78, 5) is 12.5. The number of carbonyl (C=O) groups is 1. The lowest BCUT2D eigenvalue weighted by atomic mass is 9.89. The minimum Gasteiger partial charge on any atom is -0.412 e. The molecule has 2 atom stereocenters. The molecular weight excluding hydrogens is 573 g/mol. The van der Waals surface area contributed by atoms with E-state index >= 15 is 0 Å². The van der Waals surface area contributed by atoms with Crippen molar-refractivity contribution in [2.45, 2.75) is 50.7 Å². The van der Waals surface area contributed by atoms with Gasteiger partial charge in [-0.05, 0) is 37.8 Å². The van der Waals surface area contributed by atoms with Gasteiger partial charge in [0.05, 0.1) is 12.1 Å². The van der Waals surface area contributed by atoms with Gasteiger partial charge in [0, 0.05) is 29.9 Å². The molecule has 2 aliphatic carbocycles. The molecule has 214 valence electrons. The summed E-state index contributed by atoms with van der Waals surface area (Å²) in [6, 6.07) is -0.0162. The Kier molecular flexibility index (Phi) is 7.23. The summed E-state index contributed by atoms with van der Waals surface area (Å²) in [5.74, 6) is -8.57. The maximum absolute atomic E-state index is 14.8. The molecule has 2 unspecified atom stereocenters. The van der Waals surface area contributed by atoms with Crippen LogP contribution in [0, 0.1) is 11.8 Å². The SMILES string of the molecule is CC(C(F)(F)F)C(F)(F)Oc1nn(C)c(-n2cc(C3=C(F)C=C(Cl)C(C(=O)NC4CC4)C3)cn2)c1C(F)(F)F. The summed E-state index contributed by atoms with van der Waals surface area (Å²) in [5.41, 5.74) is -2.11. The summed E-state index contributed by atoms with van der Waals surface area (Å²) < 4.78 is 128. The molecule has 0 bridgehead atoms. The van der Waals surface area contributed by atoms with Crippen LogP contribution in [0.2, 0.25) is 0 Å². The van der Waals surface area contributed by atoms with E-state index < -0.39 is 59.3 Å². The minimum atomic E-state index is -5.49. The van der Waals surface area contributed by atoms with Gasteiger partial charge in [-0.25, -0.2) is 13.8 Å². The zero-order valence-corrected chi connectivity index (χ0v) is 20.7. The van der Waals surface area contributed by atoms with E-state index in [4.69, 9.17) is 11.6 Å². The quantitative estimate of drug-likeness (QED) is 0.407. The Balaban J connectivity index is 1.70. The molecule has 1 amide bonds. The molecule has 2 aromatic rings. The predicted octanol–water partition coefficient (Wildman–Crippen LogP) is 5.90. The van der Waals surface area contributed by atoms with Gasteiger partial charge in [0.15, 0.2) is 17.3 Å². The van der Waals surface area contributed by atoms with Crippen molar-refractivity contribution in [1.29, 1.82) is 0 Å². The topological polar surface area (TPSA) is 74.0 Å². The number of alkyl halides is 8. The van der Waals surface area contributed by atoms with Gasteiger partial charge in [0.2, 0.25) is 5.91 Å². The van der Waals surface area contributed by atoms with Gasteiger partial charge in [-0.1, -0.05) is 11.6 Å². The van der Waals surface area contributed by atoms with Crippen LogP contribution in [0.25, 0.3) is 11.4 Å². The van der Waals surface area contributed by atoms with Crippen LogP contribution in [-0.4, -0.2) is 43.8 Å². The van der Waals surface area contributed by atoms with Gasteiger partial charge < -0.3 is 10.1 Å². The number of allylic oxidation sites excluding steroid dienone is 3. The van der Waals surface area contributed by atoms with Crippen LogP contribution in [0.3, 0.4) is 0 Å². The zero-order valence-electron chi connectivity index (χ0n) is 20.0. The lowest BCUT2D eigenvalue weighted by Crippen LogP contribution is -2.42. The fraction of sp³-hybridized carbons (Fsp3) is 0.500. The third kappa shape index (κ3) is 5.89. The highest BCUT2D eigenvalue weighted by molar-refractivity contribution is 6.32. The summed E-state index contributed by atoms with van der Waals surface area (Å²) in [6.07, 6.45) is -11.9. The largest absolute Gasteiger partial charge is 0.425 e. The second kappa shape index (κ2) is 9.78. The minimum absolute atomic E-state index is 0.0162. The first kappa shape index (κ1) is 28.8. The second-order valence-corrected chi connectivity index (χ2v) is 9.56. The summed E-state index contributed by atoms with van der Waals surface area (Å²) in [5, 5.41) is 9.61. The van der Waals surface area contributed by atoms with E-state index in [-0.39, 0.29) is 35.6 Å². The molecular formula is C22H19ClF9N5O2. The van der Waals surface area contributed by atoms with E-state index in [2.05, 4.69) is 20.3 Å². The third-order valence-electron chi connectivity index (χ3n) is 6.18. The Morgan fingerprint density at radius 2 is 1.82 bits per heavy atom. The molecule has 0 aromatic carbocycles. The van der Waals surface area contributed by atoms with Crippen molar-refractivity contribution in [3.63, 3.8) is 0 Å². The standard InChI is InChI=1S/C22H19ClF9N5O2/c1-9(20(25,26)27)22(31,32)39-18-16(21(28,29)30)19(36(2)35-18)37-8-10(7-33-37)12-5-13(14(23)6-15(12)24)17(38)34-11-3-4-11/h6-9,11,13H,3-5H2,1-2H3,(H,34,38). The normalized spacial score (nSPS) is 19.7. The molecule has 39 heavy (non-hydrogen) atoms. The van der Waals surface area contributed by atoms with Gasteiger partial charge in [-0.15, -0.1) is 5.10 Å². The van der Waals surface area contributed by atoms with E-state index in [1.165, 1.54) is 0 Å². The van der Waals surface area contributed by atoms with E-state index in [1.807, 2.05) is 0 Å². The Hall–Kier alpha value is -3.17. The molecule has 1 saturated carbocycles. The number of carbonyl (C=O) groups excluding carboxylic acids is 1. The fourth-order valence-corrected chi connectivity index (χ4v) is 4.06. The molecule has 0 saturated heterocycles. The molecule has 2 aliphatic rings. The lowest BCUT2D eigenvalue weighted by Gasteiger charge is -2.25. The number of halogens is 10. The smallest absolute Gasteiger partial charge is 0.412 e. The number of nitrogens with zero attached hydrogens (tertiary/aromatic N) is 4. The summed E-state index contributed by atoms with van der Waals surface area (Å²) >= 11 is 6.05. The highest BCUT2D eigenvalue weighted by Gasteiger charge is 2.56. The van der Waals surface area contributed by atoms with E-state index in [1.54, 1.807) is 0 Å². The number of ether oxygens (including phenoxy) is 1. The predicted molar refractivity (Wildman–Crippen MR) is 117 cm³/mol. The number of aryl methyl sites for hydroxylation is 1. The van der Waals surface area contributed by atoms with Gasteiger partial charge in [0.1, 0.15) is 5.83 Å². The maximum atomic E-state index is 14.8. The van der Waals surface area contributed by atoms with Gasteiger partial charge in [0.25, 0.3) is 5.88 Å². The Labute approximate surface area is 219 Å². The van der Waals surface area contributed by atoms with Crippen molar-refractivity contribution in [2.24, 2.45) is 18.9 Å². The molecule has 17 heteroatoms. The van der Waals surface area contributed by atoms with Crippen molar-refractivity contribution in [2.75, 3.05) is 0 Å². The Morgan fingerprint density at radius 1 is 1.18 bits per heavy atom. The number of aromatic nitrogens is 4. The first-order valence-electron chi connectivity index (χ1n) is 11.3. The number of rotatable bonds is 7. The number of hydrogen-bond acceptors (Lipinski definition) is 4. The average molecular weight is 592 g/mol. The van der Waals surface area contributed by atoms with E-state index in [0.717, 1.165) is 38.4 Å². The van der Waals surface area contributed by atoms with Gasteiger partial charge in [-0.3, -0.25) is 4.79 Å². The highest BCUT2D eigenvalue weighted by Crippen LogP contribution is 2.45. The molecule has 1 fully saturated rings. The molecule has 0 spiro atoms. The second-order valence-electron chi connectivity index (χ2n) is 9.12. The molecule has 7 nitrogen and oxygen atoms in total. The third-order valence-corrected chi connectivity index (χ3v) is 6.55. The maximum Gasteiger partial charge on any atom is 0.425 e. The lowest BCUT2D eigenvalue weighted by molar-refractivity contribution is -0.300. The fourth-order valence-electron chi connectivity index (χ4n) is 3.79.